The van der Waals surface area contributed by atoms with Gasteiger partial charge in [-0.25, -0.2) is 0 Å². The summed E-state index contributed by atoms with van der Waals surface area (Å²) in [5.74, 6) is -0.852. The fourth-order valence-corrected chi connectivity index (χ4v) is 10.5. The van der Waals surface area contributed by atoms with Crippen molar-refractivity contribution in [2.24, 2.45) is 0 Å². The van der Waals surface area contributed by atoms with Crippen molar-refractivity contribution < 1.29 is 28.6 Å². The van der Waals surface area contributed by atoms with Gasteiger partial charge in [-0.15, -0.1) is 0 Å². The Bertz CT molecular complexity index is 1230. The average molecular weight is 1070 g/mol. The van der Waals surface area contributed by atoms with E-state index in [4.69, 9.17) is 14.2 Å². The van der Waals surface area contributed by atoms with Crippen molar-refractivity contribution in [1.29, 1.82) is 0 Å². The molecule has 0 saturated heterocycles. The van der Waals surface area contributed by atoms with E-state index in [2.05, 4.69) is 45.1 Å². The predicted molar refractivity (Wildman–Crippen MR) is 330 cm³/mol. The second-order valence-corrected chi connectivity index (χ2v) is 23.4. The molecule has 0 amide bonds. The molecule has 0 fully saturated rings. The van der Waals surface area contributed by atoms with E-state index in [0.717, 1.165) is 70.6 Å². The second kappa shape index (κ2) is 65.4. The van der Waals surface area contributed by atoms with Crippen molar-refractivity contribution in [2.75, 3.05) is 13.2 Å². The van der Waals surface area contributed by atoms with Gasteiger partial charge in [-0.2, -0.15) is 0 Å². The van der Waals surface area contributed by atoms with Crippen molar-refractivity contribution in [3.63, 3.8) is 0 Å². The van der Waals surface area contributed by atoms with Gasteiger partial charge < -0.3 is 14.2 Å². The van der Waals surface area contributed by atoms with Gasteiger partial charge in [0.25, 0.3) is 0 Å². The van der Waals surface area contributed by atoms with E-state index < -0.39 is 6.10 Å². The highest BCUT2D eigenvalue weighted by Gasteiger charge is 2.19. The van der Waals surface area contributed by atoms with Crippen LogP contribution in [0.25, 0.3) is 0 Å². The van der Waals surface area contributed by atoms with Crippen LogP contribution in [0, 0.1) is 0 Å². The van der Waals surface area contributed by atoms with Gasteiger partial charge in [-0.05, 0) is 64.2 Å². The first kappa shape index (κ1) is 73.9. The number of esters is 3. The van der Waals surface area contributed by atoms with E-state index in [9.17, 15) is 14.4 Å². The molecule has 0 spiro atoms. The van der Waals surface area contributed by atoms with Crippen LogP contribution in [-0.4, -0.2) is 37.2 Å². The molecule has 1 unspecified atom stereocenters. The van der Waals surface area contributed by atoms with Crippen molar-refractivity contribution in [3.8, 4) is 0 Å². The third-order valence-electron chi connectivity index (χ3n) is 15.7. The molecule has 6 nitrogen and oxygen atoms in total. The zero-order valence-corrected chi connectivity index (χ0v) is 51.6. The number of unbranched alkanes of at least 4 members (excludes halogenated alkanes) is 49. The summed E-state index contributed by atoms with van der Waals surface area (Å²) in [6.45, 7) is 6.65. The molecule has 0 aliphatic rings. The predicted octanol–water partition coefficient (Wildman–Crippen LogP) is 23.4. The van der Waals surface area contributed by atoms with Gasteiger partial charge in [0.2, 0.25) is 0 Å². The molecule has 448 valence electrons. The van der Waals surface area contributed by atoms with Gasteiger partial charge in [-0.1, -0.05) is 328 Å². The van der Waals surface area contributed by atoms with Crippen molar-refractivity contribution in [3.05, 3.63) is 24.3 Å². The minimum Gasteiger partial charge on any atom is -0.462 e. The van der Waals surface area contributed by atoms with E-state index in [1.807, 2.05) is 0 Å². The maximum Gasteiger partial charge on any atom is 0.306 e. The maximum atomic E-state index is 12.9. The molecule has 0 aliphatic carbocycles. The fourth-order valence-electron chi connectivity index (χ4n) is 10.5. The van der Waals surface area contributed by atoms with Crippen LogP contribution in [-0.2, 0) is 28.6 Å². The lowest BCUT2D eigenvalue weighted by Crippen LogP contribution is -2.30. The topological polar surface area (TPSA) is 78.9 Å². The molecule has 0 aromatic heterocycles. The second-order valence-electron chi connectivity index (χ2n) is 23.4. The largest absolute Gasteiger partial charge is 0.462 e. The number of rotatable bonds is 64. The van der Waals surface area contributed by atoms with Gasteiger partial charge >= 0.3 is 17.9 Å². The molecule has 0 aromatic carbocycles. The van der Waals surface area contributed by atoms with Crippen LogP contribution < -0.4 is 0 Å². The Labute approximate surface area is 474 Å². The third-order valence-corrected chi connectivity index (χ3v) is 15.7. The summed E-state index contributed by atoms with van der Waals surface area (Å²) in [7, 11) is 0. The molecule has 0 aliphatic heterocycles. The third kappa shape index (κ3) is 62.7. The van der Waals surface area contributed by atoms with E-state index >= 15 is 0 Å². The number of allylic oxidation sites excluding steroid dienone is 4. The highest BCUT2D eigenvalue weighted by molar-refractivity contribution is 5.71. The van der Waals surface area contributed by atoms with Gasteiger partial charge in [0.15, 0.2) is 6.10 Å². The van der Waals surface area contributed by atoms with Crippen LogP contribution in [0.1, 0.15) is 387 Å². The summed E-state index contributed by atoms with van der Waals surface area (Å²) < 4.78 is 16.9. The van der Waals surface area contributed by atoms with Gasteiger partial charge in [0.05, 0.1) is 0 Å². The average Bonchev–Trinajstić information content (AvgIpc) is 3.42. The monoisotopic (exact) mass is 1070 g/mol. The summed E-state index contributed by atoms with van der Waals surface area (Å²) in [5.41, 5.74) is 0. The smallest absolute Gasteiger partial charge is 0.306 e. The Kier molecular flexibility index (Phi) is 63.6. The first-order valence-corrected chi connectivity index (χ1v) is 34.3. The number of carbonyl (C=O) groups excluding carboxylic acids is 3. The summed E-state index contributed by atoms with van der Waals surface area (Å²) in [5, 5.41) is 0. The molecule has 0 saturated carbocycles. The van der Waals surface area contributed by atoms with Crippen LogP contribution in [0.4, 0.5) is 0 Å². The van der Waals surface area contributed by atoms with E-state index in [0.29, 0.717) is 19.3 Å². The highest BCUT2D eigenvalue weighted by atomic mass is 16.6. The normalized spacial score (nSPS) is 12.1. The first-order chi connectivity index (χ1) is 37.5. The molecule has 6 heteroatoms. The number of ether oxygens (including phenoxy) is 3. The summed E-state index contributed by atoms with van der Waals surface area (Å²) in [6, 6.07) is 0. The minimum atomic E-state index is -0.771. The number of carbonyl (C=O) groups is 3. The van der Waals surface area contributed by atoms with Gasteiger partial charge in [0.1, 0.15) is 13.2 Å². The molecular weight excluding hydrogens is 937 g/mol. The van der Waals surface area contributed by atoms with E-state index in [1.54, 1.807) is 0 Å². The molecule has 0 radical (unpaired) electrons. The zero-order valence-electron chi connectivity index (χ0n) is 51.6. The Balaban J connectivity index is 4.15. The number of hydrogen-bond acceptors (Lipinski definition) is 6. The molecule has 76 heavy (non-hydrogen) atoms. The summed E-state index contributed by atoms with van der Waals surface area (Å²) in [6.07, 6.45) is 79.3. The Morgan fingerprint density at radius 1 is 0.250 bits per heavy atom. The van der Waals surface area contributed by atoms with Crippen molar-refractivity contribution >= 4 is 17.9 Å². The SMILES string of the molecule is CCC/C=C\CCCCCCCC(=O)OCC(COC(=O)CCCCCCCCCCCCCCC/C=C\CCCCCCCCCC)OC(=O)CCCCCCCCCCCCCCCCCCCCCCCCC. The standard InChI is InChI=1S/C70H132O6/c1-4-7-10-13-16-19-22-24-26-28-30-32-34-35-37-38-40-42-44-46-48-51-54-57-60-63-69(72)75-66-67(65-74-68(71)62-59-56-53-50-21-18-15-12-9-6-3)76-70(73)64-61-58-55-52-49-47-45-43-41-39-36-33-31-29-27-25-23-20-17-14-11-8-5-2/h12,15,28,30,67H,4-11,13-14,16-27,29,31-66H2,1-3H3/b15-12-,30-28-. The Hall–Kier alpha value is -2.11. The lowest BCUT2D eigenvalue weighted by molar-refractivity contribution is -0.167. The molecule has 0 heterocycles. The van der Waals surface area contributed by atoms with E-state index in [1.165, 1.54) is 276 Å². The molecule has 0 bridgehead atoms. The zero-order chi connectivity index (χ0) is 55.0. The molecular formula is C70H132O6. The quantitative estimate of drug-likeness (QED) is 0.0261. The first-order valence-electron chi connectivity index (χ1n) is 34.3. The van der Waals surface area contributed by atoms with Crippen LogP contribution >= 0.6 is 0 Å². The molecule has 1 atom stereocenters. The van der Waals surface area contributed by atoms with Crippen LogP contribution in [0.2, 0.25) is 0 Å². The van der Waals surface area contributed by atoms with Crippen LogP contribution in [0.3, 0.4) is 0 Å². The van der Waals surface area contributed by atoms with Crippen molar-refractivity contribution in [1.82, 2.24) is 0 Å². The summed E-state index contributed by atoms with van der Waals surface area (Å²) in [4.78, 5) is 38.3. The Morgan fingerprint density at radius 2 is 0.461 bits per heavy atom. The van der Waals surface area contributed by atoms with Crippen LogP contribution in [0.5, 0.6) is 0 Å². The lowest BCUT2D eigenvalue weighted by Gasteiger charge is -2.18. The molecule has 0 N–H and O–H groups in total. The van der Waals surface area contributed by atoms with Gasteiger partial charge in [0, 0.05) is 19.3 Å². The summed E-state index contributed by atoms with van der Waals surface area (Å²) >= 11 is 0. The van der Waals surface area contributed by atoms with Crippen LogP contribution in [0.15, 0.2) is 24.3 Å². The molecule has 0 rings (SSSR count). The van der Waals surface area contributed by atoms with Crippen molar-refractivity contribution in [2.45, 2.75) is 393 Å². The Morgan fingerprint density at radius 3 is 0.711 bits per heavy atom. The number of hydrogen-bond donors (Lipinski definition) is 0. The fraction of sp³-hybridized carbons (Fsp3) is 0.900. The highest BCUT2D eigenvalue weighted by Crippen LogP contribution is 2.18. The minimum absolute atomic E-state index is 0.0687. The maximum absolute atomic E-state index is 12.9. The lowest BCUT2D eigenvalue weighted by atomic mass is 10.0. The molecule has 0 aromatic rings. The van der Waals surface area contributed by atoms with E-state index in [-0.39, 0.29) is 31.1 Å². The van der Waals surface area contributed by atoms with Gasteiger partial charge in [-0.3, -0.25) is 14.4 Å².